The molecule has 0 saturated carbocycles. The Morgan fingerprint density at radius 1 is 1.38 bits per heavy atom. The lowest BCUT2D eigenvalue weighted by Crippen LogP contribution is -2.23. The fraction of sp³-hybridized carbons (Fsp3) is 0.100. The number of carbonyl (C=O) groups is 1. The molecule has 0 aromatic heterocycles. The number of likely N-dealkylation sites (N-methyl/N-ethyl adjacent to an activating group) is 1. The fourth-order valence-corrected chi connectivity index (χ4v) is 1.05. The van der Waals surface area contributed by atoms with Crippen molar-refractivity contribution in [1.82, 2.24) is 0 Å². The molecule has 0 heterocycles. The van der Waals surface area contributed by atoms with Gasteiger partial charge in [0.25, 0.3) is 5.91 Å². The summed E-state index contributed by atoms with van der Waals surface area (Å²) in [5.41, 5.74) is 2.06. The van der Waals surface area contributed by atoms with E-state index in [9.17, 15) is 4.79 Å². The third kappa shape index (κ3) is 2.60. The first-order valence-electron chi connectivity index (χ1n) is 3.85. The lowest BCUT2D eigenvalue weighted by Gasteiger charge is -2.14. The Bertz CT molecular complexity index is 308. The maximum absolute atomic E-state index is 11.3. The van der Waals surface area contributed by atoms with Crippen molar-refractivity contribution >= 4 is 23.2 Å². The number of benzene rings is 1. The van der Waals surface area contributed by atoms with E-state index in [-0.39, 0.29) is 5.91 Å². The quantitative estimate of drug-likeness (QED) is 0.664. The first-order chi connectivity index (χ1) is 6.25. The molecule has 1 aromatic rings. The van der Waals surface area contributed by atoms with Gasteiger partial charge in [0.15, 0.2) is 0 Å². The molecule has 0 saturated heterocycles. The number of halogens is 1. The highest BCUT2D eigenvalue weighted by Gasteiger charge is 2.05. The van der Waals surface area contributed by atoms with Crippen molar-refractivity contribution in [3.8, 4) is 0 Å². The number of para-hydroxylation sites is 1. The van der Waals surface area contributed by atoms with Gasteiger partial charge in [-0.1, -0.05) is 29.8 Å². The highest BCUT2D eigenvalue weighted by Crippen LogP contribution is 2.11. The van der Waals surface area contributed by atoms with Gasteiger partial charge in [-0.3, -0.25) is 4.79 Å². The van der Waals surface area contributed by atoms with Crippen molar-refractivity contribution in [2.45, 2.75) is 0 Å². The second kappa shape index (κ2) is 4.67. The Kier molecular flexibility index (Phi) is 3.53. The van der Waals surface area contributed by atoms with E-state index in [1.165, 1.54) is 16.5 Å². The van der Waals surface area contributed by atoms with Crippen LogP contribution in [0, 0.1) is 0 Å². The zero-order valence-corrected chi connectivity index (χ0v) is 8.03. The third-order valence-corrected chi connectivity index (χ3v) is 1.81. The fourth-order valence-electron chi connectivity index (χ4n) is 0.945. The van der Waals surface area contributed by atoms with E-state index >= 15 is 0 Å². The molecule has 0 bridgehead atoms. The molecule has 0 radical (unpaired) electrons. The number of anilines is 1. The molecule has 1 aromatic carbocycles. The third-order valence-electron chi connectivity index (χ3n) is 1.68. The predicted octanol–water partition coefficient (Wildman–Crippen LogP) is 2.40. The Hall–Kier alpha value is -1.28. The lowest BCUT2D eigenvalue weighted by molar-refractivity contribution is -0.113. The minimum Gasteiger partial charge on any atom is -0.312 e. The minimum atomic E-state index is -0.138. The van der Waals surface area contributed by atoms with Crippen LogP contribution in [-0.4, -0.2) is 13.0 Å². The van der Waals surface area contributed by atoms with Gasteiger partial charge in [-0.05, 0) is 12.1 Å². The molecular formula is C10H10ClNO. The molecule has 13 heavy (non-hydrogen) atoms. The number of carbonyl (C=O) groups excluding carboxylic acids is 1. The molecule has 0 aliphatic heterocycles. The molecular weight excluding hydrogens is 186 g/mol. The molecule has 0 aliphatic rings. The summed E-state index contributed by atoms with van der Waals surface area (Å²) in [4.78, 5) is 12.8. The van der Waals surface area contributed by atoms with E-state index in [0.717, 1.165) is 5.69 Å². The molecule has 68 valence electrons. The van der Waals surface area contributed by atoms with Crippen LogP contribution in [0.3, 0.4) is 0 Å². The molecule has 0 spiro atoms. The van der Waals surface area contributed by atoms with Crippen LogP contribution in [0.5, 0.6) is 0 Å². The van der Waals surface area contributed by atoms with Crippen molar-refractivity contribution in [3.05, 3.63) is 41.9 Å². The number of amides is 1. The van der Waals surface area contributed by atoms with E-state index in [2.05, 4.69) is 0 Å². The van der Waals surface area contributed by atoms with Gasteiger partial charge in [0, 0.05) is 24.3 Å². The highest BCUT2D eigenvalue weighted by molar-refractivity contribution is 6.27. The second-order valence-electron chi connectivity index (χ2n) is 2.53. The Morgan fingerprint density at radius 2 is 2.00 bits per heavy atom. The summed E-state index contributed by atoms with van der Waals surface area (Å²) in [7, 11) is 1.70. The van der Waals surface area contributed by atoms with E-state index in [1.807, 2.05) is 30.3 Å². The van der Waals surface area contributed by atoms with Gasteiger partial charge >= 0.3 is 0 Å². The molecule has 0 fully saturated rings. The average molecular weight is 196 g/mol. The number of hydrogen-bond donors (Lipinski definition) is 0. The van der Waals surface area contributed by atoms with Crippen LogP contribution in [0.15, 0.2) is 41.9 Å². The smallest absolute Gasteiger partial charge is 0.251 e. The van der Waals surface area contributed by atoms with Gasteiger partial charge in [-0.2, -0.15) is 0 Å². The van der Waals surface area contributed by atoms with E-state index in [1.54, 1.807) is 7.05 Å². The highest BCUT2D eigenvalue weighted by atomic mass is 35.5. The Morgan fingerprint density at radius 3 is 2.54 bits per heavy atom. The molecule has 0 atom stereocenters. The normalized spacial score (nSPS) is 10.3. The van der Waals surface area contributed by atoms with Crippen molar-refractivity contribution in [2.24, 2.45) is 0 Å². The van der Waals surface area contributed by atoms with Crippen molar-refractivity contribution in [3.63, 3.8) is 0 Å². The first kappa shape index (κ1) is 9.81. The maximum atomic E-state index is 11.3. The van der Waals surface area contributed by atoms with Crippen molar-refractivity contribution in [1.29, 1.82) is 0 Å². The first-order valence-corrected chi connectivity index (χ1v) is 4.29. The summed E-state index contributed by atoms with van der Waals surface area (Å²) in [6, 6.07) is 9.38. The Labute approximate surface area is 82.4 Å². The SMILES string of the molecule is CN(C(=O)/C=C/Cl)c1ccccc1. The van der Waals surface area contributed by atoms with Crippen LogP contribution in [0.2, 0.25) is 0 Å². The van der Waals surface area contributed by atoms with Crippen molar-refractivity contribution < 1.29 is 4.79 Å². The molecule has 0 N–H and O–H groups in total. The largest absolute Gasteiger partial charge is 0.312 e. The number of rotatable bonds is 2. The molecule has 0 aliphatic carbocycles. The zero-order valence-electron chi connectivity index (χ0n) is 7.27. The standard InChI is InChI=1S/C10H10ClNO/c1-12(10(13)7-8-11)9-5-3-2-4-6-9/h2-8H,1H3/b8-7+. The molecule has 1 rings (SSSR count). The molecule has 2 nitrogen and oxygen atoms in total. The van der Waals surface area contributed by atoms with Crippen LogP contribution in [0.4, 0.5) is 5.69 Å². The monoisotopic (exact) mass is 195 g/mol. The van der Waals surface area contributed by atoms with Crippen LogP contribution in [-0.2, 0) is 4.79 Å². The van der Waals surface area contributed by atoms with E-state index in [0.29, 0.717) is 0 Å². The summed E-state index contributed by atoms with van der Waals surface area (Å²) in [5, 5.41) is 0. The van der Waals surface area contributed by atoms with Gasteiger partial charge < -0.3 is 4.90 Å². The van der Waals surface area contributed by atoms with Crippen LogP contribution < -0.4 is 4.90 Å². The average Bonchev–Trinajstić information content (AvgIpc) is 2.18. The topological polar surface area (TPSA) is 20.3 Å². The second-order valence-corrected chi connectivity index (χ2v) is 2.78. The van der Waals surface area contributed by atoms with Crippen LogP contribution >= 0.6 is 11.6 Å². The zero-order chi connectivity index (χ0) is 9.68. The van der Waals surface area contributed by atoms with Crippen LogP contribution in [0.25, 0.3) is 0 Å². The maximum Gasteiger partial charge on any atom is 0.251 e. The van der Waals surface area contributed by atoms with E-state index in [4.69, 9.17) is 11.6 Å². The number of hydrogen-bond acceptors (Lipinski definition) is 1. The summed E-state index contributed by atoms with van der Waals surface area (Å²) < 4.78 is 0. The van der Waals surface area contributed by atoms with Crippen molar-refractivity contribution in [2.75, 3.05) is 11.9 Å². The van der Waals surface area contributed by atoms with Gasteiger partial charge in [0.2, 0.25) is 0 Å². The van der Waals surface area contributed by atoms with Crippen LogP contribution in [0.1, 0.15) is 0 Å². The minimum absolute atomic E-state index is 0.138. The summed E-state index contributed by atoms with van der Waals surface area (Å²) in [5.74, 6) is -0.138. The molecule has 0 unspecified atom stereocenters. The van der Waals surface area contributed by atoms with Gasteiger partial charge in [-0.15, -0.1) is 0 Å². The van der Waals surface area contributed by atoms with E-state index < -0.39 is 0 Å². The summed E-state index contributed by atoms with van der Waals surface area (Å²) >= 11 is 5.30. The predicted molar refractivity (Wildman–Crippen MR) is 54.8 cm³/mol. The summed E-state index contributed by atoms with van der Waals surface area (Å²) in [6.07, 6.45) is 1.31. The lowest BCUT2D eigenvalue weighted by atomic mass is 10.3. The summed E-state index contributed by atoms with van der Waals surface area (Å²) in [6.45, 7) is 0. The molecule has 1 amide bonds. The Balaban J connectivity index is 2.79. The van der Waals surface area contributed by atoms with Gasteiger partial charge in [-0.25, -0.2) is 0 Å². The molecule has 3 heteroatoms. The van der Waals surface area contributed by atoms with Gasteiger partial charge in [0.05, 0.1) is 0 Å². The number of nitrogens with zero attached hydrogens (tertiary/aromatic N) is 1. The van der Waals surface area contributed by atoms with Gasteiger partial charge in [0.1, 0.15) is 0 Å².